The highest BCUT2D eigenvalue weighted by atomic mass is 32.2. The summed E-state index contributed by atoms with van der Waals surface area (Å²) in [7, 11) is 1.38. The van der Waals surface area contributed by atoms with E-state index in [9.17, 15) is 14.4 Å². The first-order chi connectivity index (χ1) is 12.8. The van der Waals surface area contributed by atoms with Gasteiger partial charge in [-0.15, -0.1) is 0 Å². The van der Waals surface area contributed by atoms with E-state index in [4.69, 9.17) is 4.74 Å². The molecular weight excluding hydrogens is 366 g/mol. The first-order valence-corrected chi connectivity index (χ1v) is 9.07. The standard InChI is InChI=1S/C19H21N3O4S/c1-11-7-8-14(10-12(11)2)27-17-15(6-5-9-21-17)18(24)26-13(3)16(23)22-19(25)20-4/h5-10,13H,1-4H3,(H2,20,22,23,25)/t13-/m0/s1. The van der Waals surface area contributed by atoms with Crippen molar-refractivity contribution in [2.45, 2.75) is 36.8 Å². The van der Waals surface area contributed by atoms with Crippen LogP contribution in [0.15, 0.2) is 46.5 Å². The molecule has 2 aromatic rings. The average Bonchev–Trinajstić information content (AvgIpc) is 2.64. The van der Waals surface area contributed by atoms with Gasteiger partial charge in [-0.25, -0.2) is 14.6 Å². The van der Waals surface area contributed by atoms with Gasteiger partial charge in [-0.2, -0.15) is 0 Å². The van der Waals surface area contributed by atoms with E-state index in [0.29, 0.717) is 5.03 Å². The molecule has 0 aliphatic rings. The van der Waals surface area contributed by atoms with Gasteiger partial charge in [0.15, 0.2) is 6.10 Å². The van der Waals surface area contributed by atoms with Crippen LogP contribution in [0.5, 0.6) is 0 Å². The summed E-state index contributed by atoms with van der Waals surface area (Å²) in [5.41, 5.74) is 2.57. The molecule has 1 aromatic heterocycles. The molecule has 0 saturated heterocycles. The van der Waals surface area contributed by atoms with Gasteiger partial charge in [0.1, 0.15) is 5.03 Å². The molecular formula is C19H21N3O4S. The van der Waals surface area contributed by atoms with Gasteiger partial charge in [0, 0.05) is 18.1 Å². The van der Waals surface area contributed by atoms with Gasteiger partial charge >= 0.3 is 12.0 Å². The molecule has 0 aliphatic carbocycles. The second-order valence-corrected chi connectivity index (χ2v) is 6.88. The highest BCUT2D eigenvalue weighted by molar-refractivity contribution is 7.99. The molecule has 3 amide bonds. The SMILES string of the molecule is CNC(=O)NC(=O)[C@H](C)OC(=O)c1cccnc1Sc1ccc(C)c(C)c1. The first-order valence-electron chi connectivity index (χ1n) is 8.25. The third-order valence-corrected chi connectivity index (χ3v) is 4.81. The van der Waals surface area contributed by atoms with E-state index in [1.54, 1.807) is 18.3 Å². The molecule has 1 aromatic carbocycles. The second kappa shape index (κ2) is 9.18. The summed E-state index contributed by atoms with van der Waals surface area (Å²) >= 11 is 1.34. The number of amides is 3. The van der Waals surface area contributed by atoms with E-state index < -0.39 is 24.0 Å². The number of benzene rings is 1. The maximum absolute atomic E-state index is 12.5. The fourth-order valence-corrected chi connectivity index (χ4v) is 3.04. The van der Waals surface area contributed by atoms with Crippen molar-refractivity contribution >= 4 is 29.7 Å². The Hall–Kier alpha value is -2.87. The second-order valence-electron chi connectivity index (χ2n) is 5.82. The van der Waals surface area contributed by atoms with E-state index in [1.165, 1.54) is 31.3 Å². The molecule has 2 N–H and O–H groups in total. The number of hydrogen-bond donors (Lipinski definition) is 2. The van der Waals surface area contributed by atoms with E-state index >= 15 is 0 Å². The lowest BCUT2D eigenvalue weighted by atomic mass is 10.1. The van der Waals surface area contributed by atoms with Gasteiger partial charge in [-0.1, -0.05) is 17.8 Å². The van der Waals surface area contributed by atoms with Gasteiger partial charge in [-0.05, 0) is 56.2 Å². The van der Waals surface area contributed by atoms with Crippen LogP contribution in [0.1, 0.15) is 28.4 Å². The fourth-order valence-electron chi connectivity index (χ4n) is 2.07. The summed E-state index contributed by atoms with van der Waals surface area (Å²) in [5, 5.41) is 4.80. The minimum Gasteiger partial charge on any atom is -0.449 e. The van der Waals surface area contributed by atoms with Crippen LogP contribution >= 0.6 is 11.8 Å². The predicted molar refractivity (Wildman–Crippen MR) is 102 cm³/mol. The van der Waals surface area contributed by atoms with Crippen LogP contribution in [0.2, 0.25) is 0 Å². The number of carbonyl (C=O) groups excluding carboxylic acids is 3. The maximum atomic E-state index is 12.5. The summed E-state index contributed by atoms with van der Waals surface area (Å²) < 4.78 is 5.18. The van der Waals surface area contributed by atoms with Crippen molar-refractivity contribution in [3.63, 3.8) is 0 Å². The molecule has 8 heteroatoms. The maximum Gasteiger partial charge on any atom is 0.341 e. The van der Waals surface area contributed by atoms with Crippen molar-refractivity contribution in [2.75, 3.05) is 7.05 Å². The van der Waals surface area contributed by atoms with E-state index in [1.807, 2.05) is 32.0 Å². The Balaban J connectivity index is 2.14. The first kappa shape index (κ1) is 20.4. The van der Waals surface area contributed by atoms with Crippen molar-refractivity contribution in [3.05, 3.63) is 53.2 Å². The third kappa shape index (κ3) is 5.55. The zero-order valence-corrected chi connectivity index (χ0v) is 16.3. The van der Waals surface area contributed by atoms with Gasteiger partial charge in [0.2, 0.25) is 0 Å². The van der Waals surface area contributed by atoms with Crippen molar-refractivity contribution < 1.29 is 19.1 Å². The number of rotatable bonds is 5. The molecule has 0 spiro atoms. The van der Waals surface area contributed by atoms with Gasteiger partial charge in [0.25, 0.3) is 5.91 Å². The quantitative estimate of drug-likeness (QED) is 0.766. The van der Waals surface area contributed by atoms with Crippen molar-refractivity contribution in [3.8, 4) is 0 Å². The molecule has 1 atom stereocenters. The number of nitrogens with zero attached hydrogens (tertiary/aromatic N) is 1. The molecule has 7 nitrogen and oxygen atoms in total. The molecule has 0 fully saturated rings. The Bertz CT molecular complexity index is 870. The van der Waals surface area contributed by atoms with Gasteiger partial charge in [0.05, 0.1) is 5.56 Å². The third-order valence-electron chi connectivity index (χ3n) is 3.80. The highest BCUT2D eigenvalue weighted by Gasteiger charge is 2.22. The summed E-state index contributed by atoms with van der Waals surface area (Å²) in [5.74, 6) is -1.40. The van der Waals surface area contributed by atoms with Crippen LogP contribution in [-0.2, 0) is 9.53 Å². The number of nitrogens with one attached hydrogen (secondary N) is 2. The van der Waals surface area contributed by atoms with Crippen molar-refractivity contribution in [2.24, 2.45) is 0 Å². The summed E-state index contributed by atoms with van der Waals surface area (Å²) in [4.78, 5) is 40.7. The molecule has 0 radical (unpaired) electrons. The molecule has 2 rings (SSSR count). The minimum atomic E-state index is -1.13. The van der Waals surface area contributed by atoms with Crippen LogP contribution < -0.4 is 10.6 Å². The van der Waals surface area contributed by atoms with Crippen LogP contribution in [0.25, 0.3) is 0 Å². The molecule has 0 bridgehead atoms. The predicted octanol–water partition coefficient (Wildman–Crippen LogP) is 2.85. The van der Waals surface area contributed by atoms with Crippen LogP contribution in [-0.4, -0.2) is 36.0 Å². The number of urea groups is 1. The number of imide groups is 1. The molecule has 0 saturated carbocycles. The zero-order valence-electron chi connectivity index (χ0n) is 15.5. The molecule has 27 heavy (non-hydrogen) atoms. The Kier molecular flexibility index (Phi) is 6.95. The van der Waals surface area contributed by atoms with Crippen molar-refractivity contribution in [1.29, 1.82) is 0 Å². The Labute approximate surface area is 161 Å². The smallest absolute Gasteiger partial charge is 0.341 e. The number of aryl methyl sites for hydroxylation is 2. The lowest BCUT2D eigenvalue weighted by molar-refractivity contribution is -0.127. The normalized spacial score (nSPS) is 11.4. The number of ether oxygens (including phenoxy) is 1. The fraction of sp³-hybridized carbons (Fsp3) is 0.263. The number of carbonyl (C=O) groups is 3. The Morgan fingerprint density at radius 3 is 2.56 bits per heavy atom. The largest absolute Gasteiger partial charge is 0.449 e. The van der Waals surface area contributed by atoms with Crippen molar-refractivity contribution in [1.82, 2.24) is 15.6 Å². The van der Waals surface area contributed by atoms with Crippen LogP contribution in [0.3, 0.4) is 0 Å². The van der Waals surface area contributed by atoms with Crippen LogP contribution in [0, 0.1) is 13.8 Å². The number of esters is 1. The topological polar surface area (TPSA) is 97.4 Å². The van der Waals surface area contributed by atoms with Crippen LogP contribution in [0.4, 0.5) is 4.79 Å². The minimum absolute atomic E-state index is 0.250. The summed E-state index contributed by atoms with van der Waals surface area (Å²) in [6, 6.07) is 8.51. The molecule has 142 valence electrons. The Morgan fingerprint density at radius 2 is 1.89 bits per heavy atom. The van der Waals surface area contributed by atoms with Gasteiger partial charge < -0.3 is 10.1 Å². The zero-order chi connectivity index (χ0) is 20.0. The summed E-state index contributed by atoms with van der Waals surface area (Å²) in [6.45, 7) is 5.43. The van der Waals surface area contributed by atoms with Gasteiger partial charge in [-0.3, -0.25) is 10.1 Å². The van der Waals surface area contributed by atoms with E-state index in [-0.39, 0.29) is 5.56 Å². The number of hydrogen-bond acceptors (Lipinski definition) is 6. The lowest BCUT2D eigenvalue weighted by Crippen LogP contribution is -2.43. The molecule has 0 aliphatic heterocycles. The monoisotopic (exact) mass is 387 g/mol. The Morgan fingerprint density at radius 1 is 1.15 bits per heavy atom. The highest BCUT2D eigenvalue weighted by Crippen LogP contribution is 2.30. The number of pyridine rings is 1. The number of aromatic nitrogens is 1. The molecule has 1 heterocycles. The average molecular weight is 387 g/mol. The summed E-state index contributed by atoms with van der Waals surface area (Å²) in [6.07, 6.45) is 0.455. The van der Waals surface area contributed by atoms with E-state index in [2.05, 4.69) is 15.6 Å². The lowest BCUT2D eigenvalue weighted by Gasteiger charge is -2.14. The van der Waals surface area contributed by atoms with E-state index in [0.717, 1.165) is 10.5 Å². The molecule has 0 unspecified atom stereocenters.